The molecule has 2 N–H and O–H groups in total. The van der Waals surface area contributed by atoms with Crippen LogP contribution in [0.2, 0.25) is 0 Å². The lowest BCUT2D eigenvalue weighted by Crippen LogP contribution is -2.48. The molecule has 0 spiro atoms. The Morgan fingerprint density at radius 1 is 1.00 bits per heavy atom. The third kappa shape index (κ3) is 1.94. The predicted molar refractivity (Wildman–Crippen MR) is 83.5 cm³/mol. The molecule has 1 heteroatoms. The molecular weight excluding hydrogens is 242 g/mol. The van der Waals surface area contributed by atoms with E-state index in [9.17, 15) is 0 Å². The lowest BCUT2D eigenvalue weighted by molar-refractivity contribution is -0.00519. The molecule has 4 saturated carbocycles. The van der Waals surface area contributed by atoms with E-state index in [-0.39, 0.29) is 6.04 Å². The van der Waals surface area contributed by atoms with Crippen molar-refractivity contribution < 1.29 is 0 Å². The summed E-state index contributed by atoms with van der Waals surface area (Å²) in [6.07, 6.45) is 9.97. The molecule has 108 valence electrons. The largest absolute Gasteiger partial charge is 0.324 e. The van der Waals surface area contributed by atoms with Gasteiger partial charge in [-0.15, -0.1) is 0 Å². The Labute approximate surface area is 122 Å². The van der Waals surface area contributed by atoms with Crippen LogP contribution in [0.5, 0.6) is 0 Å². The number of hydrogen-bond donors (Lipinski definition) is 1. The molecule has 0 saturated heterocycles. The molecule has 4 aliphatic carbocycles. The van der Waals surface area contributed by atoms with Gasteiger partial charge in [-0.2, -0.15) is 0 Å². The molecule has 1 nitrogen and oxygen atoms in total. The van der Waals surface area contributed by atoms with E-state index in [0.717, 1.165) is 24.2 Å². The van der Waals surface area contributed by atoms with Crippen molar-refractivity contribution in [1.29, 1.82) is 0 Å². The van der Waals surface area contributed by atoms with Crippen LogP contribution in [0, 0.1) is 17.8 Å². The van der Waals surface area contributed by atoms with Crippen molar-refractivity contribution in [3.8, 4) is 0 Å². The lowest BCUT2D eigenvalue weighted by atomic mass is 9.48. The molecule has 0 heterocycles. The molecule has 0 radical (unpaired) electrons. The predicted octanol–water partition coefficient (Wildman–Crippen LogP) is 4.56. The Hall–Kier alpha value is -0.820. The van der Waals surface area contributed by atoms with Crippen LogP contribution in [0.25, 0.3) is 0 Å². The highest BCUT2D eigenvalue weighted by Gasteiger charge is 2.51. The summed E-state index contributed by atoms with van der Waals surface area (Å²) in [6.45, 7) is 2.16. The average molecular weight is 269 g/mol. The van der Waals surface area contributed by atoms with Crippen LogP contribution in [-0.4, -0.2) is 0 Å². The minimum Gasteiger partial charge on any atom is -0.324 e. The van der Waals surface area contributed by atoms with E-state index >= 15 is 0 Å². The molecule has 1 atom stereocenters. The number of rotatable bonds is 3. The second-order valence-electron chi connectivity index (χ2n) is 7.83. The Kier molecular flexibility index (Phi) is 2.96. The third-order valence-electron chi connectivity index (χ3n) is 6.43. The summed E-state index contributed by atoms with van der Waals surface area (Å²) < 4.78 is 0. The normalized spacial score (nSPS) is 40.0. The highest BCUT2D eigenvalue weighted by Crippen LogP contribution is 2.60. The SMILES string of the molecule is CCC(N)c1ccc(C23CC4CC(CC(C4)C2)C3)cc1. The van der Waals surface area contributed by atoms with Gasteiger partial charge in [-0.25, -0.2) is 0 Å². The van der Waals surface area contributed by atoms with Crippen LogP contribution in [0.4, 0.5) is 0 Å². The van der Waals surface area contributed by atoms with Crippen molar-refractivity contribution >= 4 is 0 Å². The summed E-state index contributed by atoms with van der Waals surface area (Å²) in [7, 11) is 0. The molecule has 0 aliphatic heterocycles. The fourth-order valence-electron chi connectivity index (χ4n) is 5.78. The summed E-state index contributed by atoms with van der Waals surface area (Å²) in [5.41, 5.74) is 9.60. The van der Waals surface area contributed by atoms with Gasteiger partial charge in [-0.1, -0.05) is 31.2 Å². The van der Waals surface area contributed by atoms with Crippen molar-refractivity contribution in [2.75, 3.05) is 0 Å². The lowest BCUT2D eigenvalue weighted by Gasteiger charge is -2.57. The standard InChI is InChI=1S/C19H27N/c1-2-18(20)16-3-5-17(6-4-16)19-10-13-7-14(11-19)9-15(8-13)12-19/h3-6,13-15,18H,2,7-12,20H2,1H3. The molecule has 1 aromatic carbocycles. The smallest absolute Gasteiger partial charge is 0.0292 e. The van der Waals surface area contributed by atoms with Gasteiger partial charge in [0.05, 0.1) is 0 Å². The molecular formula is C19H27N. The molecule has 5 rings (SSSR count). The maximum absolute atomic E-state index is 6.15. The average Bonchev–Trinajstić information content (AvgIpc) is 2.45. The van der Waals surface area contributed by atoms with Gasteiger partial charge < -0.3 is 5.73 Å². The summed E-state index contributed by atoms with van der Waals surface area (Å²) in [6, 6.07) is 9.60. The van der Waals surface area contributed by atoms with Crippen LogP contribution in [0.1, 0.15) is 69.0 Å². The second kappa shape index (κ2) is 4.59. The molecule has 4 bridgehead atoms. The molecule has 1 aromatic rings. The number of hydrogen-bond acceptors (Lipinski definition) is 1. The van der Waals surface area contributed by atoms with Gasteiger partial charge in [0.2, 0.25) is 0 Å². The van der Waals surface area contributed by atoms with Crippen molar-refractivity contribution in [3.05, 3.63) is 35.4 Å². The number of benzene rings is 1. The van der Waals surface area contributed by atoms with Crippen LogP contribution in [0.15, 0.2) is 24.3 Å². The highest BCUT2D eigenvalue weighted by molar-refractivity contribution is 5.33. The zero-order valence-electron chi connectivity index (χ0n) is 12.6. The van der Waals surface area contributed by atoms with Crippen molar-refractivity contribution in [2.45, 2.75) is 63.3 Å². The second-order valence-corrected chi connectivity index (χ2v) is 7.83. The Morgan fingerprint density at radius 3 is 1.95 bits per heavy atom. The maximum atomic E-state index is 6.15. The molecule has 4 fully saturated rings. The van der Waals surface area contributed by atoms with Gasteiger partial charge in [0.25, 0.3) is 0 Å². The summed E-state index contributed by atoms with van der Waals surface area (Å²) in [4.78, 5) is 0. The van der Waals surface area contributed by atoms with E-state index in [1.165, 1.54) is 44.1 Å². The van der Waals surface area contributed by atoms with Crippen LogP contribution < -0.4 is 5.73 Å². The fourth-order valence-corrected chi connectivity index (χ4v) is 5.78. The van der Waals surface area contributed by atoms with E-state index in [0.29, 0.717) is 5.41 Å². The first kappa shape index (κ1) is 12.9. The Balaban J connectivity index is 1.64. The van der Waals surface area contributed by atoms with Crippen LogP contribution in [0.3, 0.4) is 0 Å². The minimum absolute atomic E-state index is 0.209. The van der Waals surface area contributed by atoms with Crippen LogP contribution >= 0.6 is 0 Å². The summed E-state index contributed by atoms with van der Waals surface area (Å²) in [5.74, 6) is 3.08. The van der Waals surface area contributed by atoms with Gasteiger partial charge >= 0.3 is 0 Å². The van der Waals surface area contributed by atoms with E-state index in [1.54, 1.807) is 5.56 Å². The summed E-state index contributed by atoms with van der Waals surface area (Å²) in [5, 5.41) is 0. The quantitative estimate of drug-likeness (QED) is 0.855. The summed E-state index contributed by atoms with van der Waals surface area (Å²) >= 11 is 0. The first-order valence-corrected chi connectivity index (χ1v) is 8.54. The van der Waals surface area contributed by atoms with Gasteiger partial charge in [0.1, 0.15) is 0 Å². The topological polar surface area (TPSA) is 26.0 Å². The van der Waals surface area contributed by atoms with Crippen LogP contribution in [-0.2, 0) is 5.41 Å². The third-order valence-corrected chi connectivity index (χ3v) is 6.43. The van der Waals surface area contributed by atoms with Crippen molar-refractivity contribution in [1.82, 2.24) is 0 Å². The van der Waals surface area contributed by atoms with E-state index in [1.807, 2.05) is 0 Å². The van der Waals surface area contributed by atoms with Gasteiger partial charge in [0, 0.05) is 6.04 Å². The zero-order chi connectivity index (χ0) is 13.7. The zero-order valence-corrected chi connectivity index (χ0v) is 12.6. The first-order valence-electron chi connectivity index (χ1n) is 8.54. The Morgan fingerprint density at radius 2 is 1.50 bits per heavy atom. The Bertz CT molecular complexity index is 452. The fraction of sp³-hybridized carbons (Fsp3) is 0.684. The molecule has 20 heavy (non-hydrogen) atoms. The highest BCUT2D eigenvalue weighted by atomic mass is 14.6. The monoisotopic (exact) mass is 269 g/mol. The van der Waals surface area contributed by atoms with Gasteiger partial charge in [-0.05, 0) is 79.2 Å². The van der Waals surface area contributed by atoms with Crippen molar-refractivity contribution in [3.63, 3.8) is 0 Å². The molecule has 0 amide bonds. The number of nitrogens with two attached hydrogens (primary N) is 1. The first-order chi connectivity index (χ1) is 9.68. The van der Waals surface area contributed by atoms with E-state index in [2.05, 4.69) is 31.2 Å². The van der Waals surface area contributed by atoms with E-state index in [4.69, 9.17) is 5.73 Å². The van der Waals surface area contributed by atoms with Gasteiger partial charge in [-0.3, -0.25) is 0 Å². The molecule has 4 aliphatic rings. The van der Waals surface area contributed by atoms with E-state index < -0.39 is 0 Å². The van der Waals surface area contributed by atoms with Crippen molar-refractivity contribution in [2.24, 2.45) is 23.5 Å². The maximum Gasteiger partial charge on any atom is 0.0292 e. The van der Waals surface area contributed by atoms with Gasteiger partial charge in [0.15, 0.2) is 0 Å². The molecule has 1 unspecified atom stereocenters. The minimum atomic E-state index is 0.209. The molecule has 0 aromatic heterocycles.